The van der Waals surface area contributed by atoms with E-state index in [1.165, 1.54) is 6.07 Å². The third kappa shape index (κ3) is 4.52. The molecule has 0 aromatic carbocycles. The van der Waals surface area contributed by atoms with Gasteiger partial charge in [0.1, 0.15) is 5.15 Å². The molecule has 0 saturated heterocycles. The average Bonchev–Trinajstić information content (AvgIpc) is 3.11. The van der Waals surface area contributed by atoms with Gasteiger partial charge in [-0.15, -0.1) is 0 Å². The lowest BCUT2D eigenvalue weighted by atomic mass is 10.2. The standard InChI is InChI=1S/C13H16ClN3O2/c1-8-6-9(7-11(14)16-8)13(19)15-5-4-12(18)17-10-2-3-10/h6-7,10H,2-5H2,1H3,(H,15,19)(H,17,18). The highest BCUT2D eigenvalue weighted by molar-refractivity contribution is 6.29. The second-order valence-corrected chi connectivity index (χ2v) is 5.05. The van der Waals surface area contributed by atoms with Crippen LogP contribution < -0.4 is 10.6 Å². The van der Waals surface area contributed by atoms with E-state index in [0.29, 0.717) is 30.3 Å². The molecule has 1 saturated carbocycles. The number of pyridine rings is 1. The minimum atomic E-state index is -0.244. The Morgan fingerprint density at radius 1 is 1.42 bits per heavy atom. The largest absolute Gasteiger partial charge is 0.353 e. The zero-order valence-corrected chi connectivity index (χ0v) is 11.5. The van der Waals surface area contributed by atoms with Crippen LogP contribution in [-0.2, 0) is 4.79 Å². The van der Waals surface area contributed by atoms with Gasteiger partial charge in [-0.1, -0.05) is 11.6 Å². The van der Waals surface area contributed by atoms with Gasteiger partial charge in [0.15, 0.2) is 0 Å². The molecule has 0 unspecified atom stereocenters. The maximum Gasteiger partial charge on any atom is 0.251 e. The molecule has 2 amide bonds. The highest BCUT2D eigenvalue weighted by Gasteiger charge is 2.22. The fourth-order valence-electron chi connectivity index (χ4n) is 1.68. The first-order chi connectivity index (χ1) is 9.04. The van der Waals surface area contributed by atoms with E-state index in [1.807, 2.05) is 0 Å². The van der Waals surface area contributed by atoms with E-state index in [2.05, 4.69) is 15.6 Å². The van der Waals surface area contributed by atoms with Crippen LogP contribution in [0.3, 0.4) is 0 Å². The lowest BCUT2D eigenvalue weighted by Crippen LogP contribution is -2.31. The van der Waals surface area contributed by atoms with E-state index < -0.39 is 0 Å². The van der Waals surface area contributed by atoms with Crippen molar-refractivity contribution in [2.24, 2.45) is 0 Å². The normalized spacial score (nSPS) is 14.0. The molecule has 0 spiro atoms. The Morgan fingerprint density at radius 3 is 2.79 bits per heavy atom. The molecular weight excluding hydrogens is 266 g/mol. The molecule has 2 rings (SSSR count). The number of rotatable bonds is 5. The van der Waals surface area contributed by atoms with E-state index in [1.54, 1.807) is 13.0 Å². The van der Waals surface area contributed by atoms with Crippen LogP contribution in [0.25, 0.3) is 0 Å². The molecule has 2 N–H and O–H groups in total. The Balaban J connectivity index is 1.78. The van der Waals surface area contributed by atoms with Crippen molar-refractivity contribution in [2.45, 2.75) is 32.2 Å². The predicted octanol–water partition coefficient (Wildman–Crippen LogP) is 1.44. The number of hydrogen-bond donors (Lipinski definition) is 2. The number of nitrogens with zero attached hydrogens (tertiary/aromatic N) is 1. The van der Waals surface area contributed by atoms with Crippen LogP contribution in [0.2, 0.25) is 5.15 Å². The Hall–Kier alpha value is -1.62. The van der Waals surface area contributed by atoms with Crippen molar-refractivity contribution >= 4 is 23.4 Å². The minimum Gasteiger partial charge on any atom is -0.353 e. The minimum absolute atomic E-state index is 0.0215. The number of carbonyl (C=O) groups is 2. The molecule has 19 heavy (non-hydrogen) atoms. The molecule has 5 nitrogen and oxygen atoms in total. The van der Waals surface area contributed by atoms with Gasteiger partial charge in [-0.2, -0.15) is 0 Å². The van der Waals surface area contributed by atoms with Crippen molar-refractivity contribution in [1.29, 1.82) is 0 Å². The van der Waals surface area contributed by atoms with Crippen molar-refractivity contribution in [1.82, 2.24) is 15.6 Å². The molecule has 1 aromatic rings. The van der Waals surface area contributed by atoms with Gasteiger partial charge >= 0.3 is 0 Å². The summed E-state index contributed by atoms with van der Waals surface area (Å²) in [6, 6.07) is 3.52. The second-order valence-electron chi connectivity index (χ2n) is 4.67. The first kappa shape index (κ1) is 13.8. The number of aromatic nitrogens is 1. The molecule has 0 aliphatic heterocycles. The lowest BCUT2D eigenvalue weighted by molar-refractivity contribution is -0.121. The van der Waals surface area contributed by atoms with Crippen molar-refractivity contribution in [3.8, 4) is 0 Å². The van der Waals surface area contributed by atoms with Gasteiger partial charge in [-0.25, -0.2) is 4.98 Å². The zero-order valence-electron chi connectivity index (χ0n) is 10.7. The van der Waals surface area contributed by atoms with Crippen molar-refractivity contribution in [3.63, 3.8) is 0 Å². The van der Waals surface area contributed by atoms with Crippen LogP contribution in [0.5, 0.6) is 0 Å². The van der Waals surface area contributed by atoms with Gasteiger partial charge in [0.2, 0.25) is 5.91 Å². The van der Waals surface area contributed by atoms with Crippen LogP contribution in [-0.4, -0.2) is 29.4 Å². The van der Waals surface area contributed by atoms with Gasteiger partial charge < -0.3 is 10.6 Å². The summed E-state index contributed by atoms with van der Waals surface area (Å²) in [4.78, 5) is 27.2. The third-order valence-electron chi connectivity index (χ3n) is 2.76. The third-order valence-corrected chi connectivity index (χ3v) is 2.96. The maximum atomic E-state index is 11.8. The molecule has 1 heterocycles. The molecule has 1 aliphatic carbocycles. The molecule has 1 fully saturated rings. The summed E-state index contributed by atoms with van der Waals surface area (Å²) in [7, 11) is 0. The molecule has 0 radical (unpaired) electrons. The lowest BCUT2D eigenvalue weighted by Gasteiger charge is -2.06. The van der Waals surface area contributed by atoms with Crippen molar-refractivity contribution < 1.29 is 9.59 Å². The molecule has 0 atom stereocenters. The number of aryl methyl sites for hydroxylation is 1. The summed E-state index contributed by atoms with van der Waals surface area (Å²) in [5.74, 6) is -0.265. The van der Waals surface area contributed by atoms with Crippen LogP contribution in [0.1, 0.15) is 35.3 Å². The fourth-order valence-corrected chi connectivity index (χ4v) is 1.93. The molecule has 6 heteroatoms. The average molecular weight is 282 g/mol. The summed E-state index contributed by atoms with van der Waals surface area (Å²) in [6.07, 6.45) is 2.42. The van der Waals surface area contributed by atoms with Gasteiger partial charge in [-0.3, -0.25) is 9.59 Å². The smallest absolute Gasteiger partial charge is 0.251 e. The monoisotopic (exact) mass is 281 g/mol. The van der Waals surface area contributed by atoms with Gasteiger partial charge in [0, 0.05) is 30.3 Å². The quantitative estimate of drug-likeness (QED) is 0.803. The van der Waals surface area contributed by atoms with E-state index in [-0.39, 0.29) is 17.0 Å². The number of halogens is 1. The first-order valence-electron chi connectivity index (χ1n) is 6.26. The van der Waals surface area contributed by atoms with Crippen molar-refractivity contribution in [2.75, 3.05) is 6.54 Å². The predicted molar refractivity (Wildman–Crippen MR) is 72.1 cm³/mol. The van der Waals surface area contributed by atoms with Crippen LogP contribution in [0.15, 0.2) is 12.1 Å². The second kappa shape index (κ2) is 6.02. The summed E-state index contributed by atoms with van der Waals surface area (Å²) in [5.41, 5.74) is 1.14. The SMILES string of the molecule is Cc1cc(C(=O)NCCC(=O)NC2CC2)cc(Cl)n1. The van der Waals surface area contributed by atoms with E-state index >= 15 is 0 Å². The molecule has 1 aliphatic rings. The Labute approximate surface area is 116 Å². The first-order valence-corrected chi connectivity index (χ1v) is 6.64. The summed E-state index contributed by atoms with van der Waals surface area (Å²) < 4.78 is 0. The summed E-state index contributed by atoms with van der Waals surface area (Å²) in [6.45, 7) is 2.09. The number of carbonyl (C=O) groups excluding carboxylic acids is 2. The number of nitrogens with one attached hydrogen (secondary N) is 2. The van der Waals surface area contributed by atoms with E-state index in [9.17, 15) is 9.59 Å². The van der Waals surface area contributed by atoms with Gasteiger partial charge in [0.05, 0.1) is 0 Å². The van der Waals surface area contributed by atoms with E-state index in [0.717, 1.165) is 12.8 Å². The van der Waals surface area contributed by atoms with Crippen LogP contribution in [0.4, 0.5) is 0 Å². The number of hydrogen-bond acceptors (Lipinski definition) is 3. The van der Waals surface area contributed by atoms with Gasteiger partial charge in [-0.05, 0) is 31.9 Å². The molecule has 1 aromatic heterocycles. The van der Waals surface area contributed by atoms with Crippen LogP contribution in [0, 0.1) is 6.92 Å². The van der Waals surface area contributed by atoms with Gasteiger partial charge in [0.25, 0.3) is 5.91 Å². The van der Waals surface area contributed by atoms with E-state index in [4.69, 9.17) is 11.6 Å². The van der Waals surface area contributed by atoms with Crippen LogP contribution >= 0.6 is 11.6 Å². The molecular formula is C13H16ClN3O2. The molecule has 0 bridgehead atoms. The zero-order chi connectivity index (χ0) is 13.8. The molecule has 102 valence electrons. The Bertz CT molecular complexity index is 480. The Kier molecular flexibility index (Phi) is 4.37. The summed E-state index contributed by atoms with van der Waals surface area (Å²) >= 11 is 5.79. The summed E-state index contributed by atoms with van der Waals surface area (Å²) in [5, 5.41) is 5.84. The fraction of sp³-hybridized carbons (Fsp3) is 0.462. The highest BCUT2D eigenvalue weighted by Crippen LogP contribution is 2.18. The number of amides is 2. The highest BCUT2D eigenvalue weighted by atomic mass is 35.5. The maximum absolute atomic E-state index is 11.8. The Morgan fingerprint density at radius 2 is 2.16 bits per heavy atom. The van der Waals surface area contributed by atoms with Crippen molar-refractivity contribution in [3.05, 3.63) is 28.5 Å². The topological polar surface area (TPSA) is 71.1 Å².